The Kier molecular flexibility index (Phi) is 7.09. The molecule has 0 bridgehead atoms. The fourth-order valence-corrected chi connectivity index (χ4v) is 4.77. The molecule has 1 spiro atoms. The SMILES string of the molecule is COc1cc(C)c2[nH]ccc2c1CN1CCC2(CC1)CC2.N#CCNc1cccc(C(=O)O)c1. The number of aromatic carboxylic acids is 1. The summed E-state index contributed by atoms with van der Waals surface area (Å²) in [6, 6.07) is 12.6. The number of aromatic amines is 1. The molecular weight excluding hydrogens is 428 g/mol. The molecule has 1 saturated heterocycles. The molecule has 34 heavy (non-hydrogen) atoms. The second kappa shape index (κ2) is 10.2. The maximum atomic E-state index is 10.5. The van der Waals surface area contributed by atoms with Gasteiger partial charge in [-0.15, -0.1) is 0 Å². The largest absolute Gasteiger partial charge is 0.496 e. The number of nitrogens with one attached hydrogen (secondary N) is 2. The zero-order valence-corrected chi connectivity index (χ0v) is 19.9. The number of rotatable bonds is 6. The molecule has 0 atom stereocenters. The Morgan fingerprint density at radius 2 is 2.00 bits per heavy atom. The van der Waals surface area contributed by atoms with Gasteiger partial charge in [-0.1, -0.05) is 6.07 Å². The summed E-state index contributed by atoms with van der Waals surface area (Å²) in [5.74, 6) is 0.0620. The number of H-pyrrole nitrogens is 1. The first-order chi connectivity index (χ1) is 16.4. The van der Waals surface area contributed by atoms with Crippen LogP contribution in [0.3, 0.4) is 0 Å². The van der Waals surface area contributed by atoms with E-state index in [9.17, 15) is 4.79 Å². The third kappa shape index (κ3) is 5.35. The molecule has 1 aliphatic heterocycles. The highest BCUT2D eigenvalue weighted by Crippen LogP contribution is 2.53. The highest BCUT2D eigenvalue weighted by Gasteiger charge is 2.44. The molecule has 2 aliphatic rings. The molecule has 1 aromatic heterocycles. The van der Waals surface area contributed by atoms with Gasteiger partial charge < -0.3 is 20.1 Å². The molecule has 3 aromatic rings. The van der Waals surface area contributed by atoms with E-state index in [2.05, 4.69) is 34.3 Å². The maximum absolute atomic E-state index is 10.5. The quantitative estimate of drug-likeness (QED) is 0.438. The van der Waals surface area contributed by atoms with Crippen LogP contribution < -0.4 is 10.1 Å². The predicted molar refractivity (Wildman–Crippen MR) is 133 cm³/mol. The molecule has 7 heteroatoms. The lowest BCUT2D eigenvalue weighted by Crippen LogP contribution is -2.34. The molecule has 5 rings (SSSR count). The van der Waals surface area contributed by atoms with Crippen LogP contribution in [0.2, 0.25) is 0 Å². The van der Waals surface area contributed by atoms with Crippen LogP contribution in [0, 0.1) is 23.7 Å². The van der Waals surface area contributed by atoms with Crippen molar-refractivity contribution in [1.29, 1.82) is 5.26 Å². The number of nitriles is 1. The summed E-state index contributed by atoms with van der Waals surface area (Å²) in [4.78, 5) is 16.5. The third-order valence-corrected chi connectivity index (χ3v) is 7.07. The van der Waals surface area contributed by atoms with Crippen molar-refractivity contribution in [2.45, 2.75) is 39.2 Å². The van der Waals surface area contributed by atoms with Crippen LogP contribution >= 0.6 is 0 Å². The summed E-state index contributed by atoms with van der Waals surface area (Å²) in [6.07, 6.45) is 7.75. The molecular formula is C27H32N4O3. The van der Waals surface area contributed by atoms with E-state index in [1.807, 2.05) is 12.3 Å². The van der Waals surface area contributed by atoms with E-state index in [4.69, 9.17) is 15.1 Å². The Bertz CT molecular complexity index is 1200. The van der Waals surface area contributed by atoms with Crippen LogP contribution in [-0.4, -0.2) is 47.7 Å². The number of aromatic nitrogens is 1. The first-order valence-electron chi connectivity index (χ1n) is 11.7. The van der Waals surface area contributed by atoms with Crippen molar-refractivity contribution in [3.05, 3.63) is 59.3 Å². The lowest BCUT2D eigenvalue weighted by molar-refractivity contribution is 0.0697. The van der Waals surface area contributed by atoms with E-state index in [0.29, 0.717) is 5.69 Å². The van der Waals surface area contributed by atoms with E-state index in [-0.39, 0.29) is 12.1 Å². The average molecular weight is 461 g/mol. The minimum atomic E-state index is -0.972. The van der Waals surface area contributed by atoms with Crippen molar-refractivity contribution in [2.24, 2.45) is 5.41 Å². The number of hydrogen-bond donors (Lipinski definition) is 3. The number of carbonyl (C=O) groups is 1. The van der Waals surface area contributed by atoms with Gasteiger partial charge in [-0.2, -0.15) is 5.26 Å². The monoisotopic (exact) mass is 460 g/mol. The molecule has 2 aromatic carbocycles. The standard InChI is InChI=1S/C18H24N2O.C9H8N2O2/c1-13-11-16(21-2)15(14-3-8-19-17(13)14)12-20-9-6-18(4-5-18)7-10-20;10-4-5-11-8-3-1-2-7(6-8)9(12)13/h3,8,11,19H,4-7,9-10,12H2,1-2H3;1-3,6,11H,5H2,(H,12,13). The number of carboxylic acid groups (broad SMARTS) is 1. The van der Waals surface area contributed by atoms with Gasteiger partial charge >= 0.3 is 5.97 Å². The molecule has 7 nitrogen and oxygen atoms in total. The number of carboxylic acids is 1. The fourth-order valence-electron chi connectivity index (χ4n) is 4.77. The van der Waals surface area contributed by atoms with Crippen LogP contribution in [0.25, 0.3) is 10.9 Å². The third-order valence-electron chi connectivity index (χ3n) is 7.07. The molecule has 0 amide bonds. The van der Waals surface area contributed by atoms with Crippen LogP contribution in [0.1, 0.15) is 47.2 Å². The Labute approximate surface area is 200 Å². The number of piperidine rings is 1. The summed E-state index contributed by atoms with van der Waals surface area (Å²) in [7, 11) is 1.78. The Hall–Kier alpha value is -3.50. The number of hydrogen-bond acceptors (Lipinski definition) is 5. The fraction of sp³-hybridized carbons (Fsp3) is 0.407. The van der Waals surface area contributed by atoms with E-state index in [1.165, 1.54) is 72.9 Å². The van der Waals surface area contributed by atoms with Gasteiger partial charge in [0.25, 0.3) is 0 Å². The Morgan fingerprint density at radius 3 is 2.65 bits per heavy atom. The van der Waals surface area contributed by atoms with Crippen LogP contribution in [0.5, 0.6) is 5.75 Å². The molecule has 2 fully saturated rings. The average Bonchev–Trinajstić information content (AvgIpc) is 3.41. The Morgan fingerprint density at radius 1 is 1.24 bits per heavy atom. The van der Waals surface area contributed by atoms with Gasteiger partial charge in [-0.25, -0.2) is 4.79 Å². The van der Waals surface area contributed by atoms with Gasteiger partial charge in [-0.05, 0) is 87.0 Å². The highest BCUT2D eigenvalue weighted by atomic mass is 16.5. The highest BCUT2D eigenvalue weighted by molar-refractivity contribution is 5.89. The minimum absolute atomic E-state index is 0.170. The van der Waals surface area contributed by atoms with Crippen molar-refractivity contribution in [3.8, 4) is 11.8 Å². The first-order valence-corrected chi connectivity index (χ1v) is 11.7. The van der Waals surface area contributed by atoms with Gasteiger partial charge in [0.2, 0.25) is 0 Å². The Balaban J connectivity index is 0.000000182. The summed E-state index contributed by atoms with van der Waals surface area (Å²) in [5, 5.41) is 21.0. The summed E-state index contributed by atoms with van der Waals surface area (Å²) in [5.41, 5.74) is 5.44. The zero-order valence-electron chi connectivity index (χ0n) is 19.9. The van der Waals surface area contributed by atoms with Gasteiger partial charge in [0.05, 0.1) is 18.7 Å². The molecule has 0 unspecified atom stereocenters. The number of anilines is 1. The van der Waals surface area contributed by atoms with Gasteiger partial charge in [-0.3, -0.25) is 4.90 Å². The first kappa shape index (κ1) is 23.7. The van der Waals surface area contributed by atoms with Crippen molar-refractivity contribution >= 4 is 22.6 Å². The summed E-state index contributed by atoms with van der Waals surface area (Å²) < 4.78 is 5.66. The molecule has 3 N–H and O–H groups in total. The normalized spacial score (nSPS) is 16.4. The number of benzene rings is 2. The summed E-state index contributed by atoms with van der Waals surface area (Å²) in [6.45, 7) is 5.80. The van der Waals surface area contributed by atoms with Crippen molar-refractivity contribution in [2.75, 3.05) is 32.1 Å². The molecule has 0 radical (unpaired) electrons. The lowest BCUT2D eigenvalue weighted by Gasteiger charge is -2.32. The number of nitrogens with zero attached hydrogens (tertiary/aromatic N) is 2. The van der Waals surface area contributed by atoms with Gasteiger partial charge in [0, 0.05) is 34.9 Å². The zero-order chi connectivity index (χ0) is 24.1. The van der Waals surface area contributed by atoms with Gasteiger partial charge in [0.1, 0.15) is 12.3 Å². The van der Waals surface area contributed by atoms with Crippen LogP contribution in [0.4, 0.5) is 5.69 Å². The number of methoxy groups -OCH3 is 1. The minimum Gasteiger partial charge on any atom is -0.496 e. The lowest BCUT2D eigenvalue weighted by atomic mass is 9.93. The topological polar surface area (TPSA) is 101 Å². The number of likely N-dealkylation sites (tertiary alicyclic amines) is 1. The van der Waals surface area contributed by atoms with Crippen molar-refractivity contribution in [3.63, 3.8) is 0 Å². The number of fused-ring (bicyclic) bond motifs is 1. The van der Waals surface area contributed by atoms with Crippen LogP contribution in [0.15, 0.2) is 42.6 Å². The summed E-state index contributed by atoms with van der Waals surface area (Å²) >= 11 is 0. The van der Waals surface area contributed by atoms with Crippen LogP contribution in [-0.2, 0) is 6.54 Å². The molecule has 178 valence electrons. The van der Waals surface area contributed by atoms with Crippen molar-refractivity contribution in [1.82, 2.24) is 9.88 Å². The van der Waals surface area contributed by atoms with E-state index in [0.717, 1.165) is 17.7 Å². The smallest absolute Gasteiger partial charge is 0.335 e. The molecule has 2 heterocycles. The molecule has 1 aliphatic carbocycles. The van der Waals surface area contributed by atoms with E-state index >= 15 is 0 Å². The predicted octanol–water partition coefficient (Wildman–Crippen LogP) is 5.18. The van der Waals surface area contributed by atoms with E-state index in [1.54, 1.807) is 19.2 Å². The molecule has 1 saturated carbocycles. The van der Waals surface area contributed by atoms with Crippen molar-refractivity contribution < 1.29 is 14.6 Å². The van der Waals surface area contributed by atoms with E-state index < -0.39 is 5.97 Å². The number of ether oxygens (including phenoxy) is 1. The number of aryl methyl sites for hydroxylation is 1. The van der Waals surface area contributed by atoms with Gasteiger partial charge in [0.15, 0.2) is 0 Å². The second-order valence-corrected chi connectivity index (χ2v) is 9.31. The second-order valence-electron chi connectivity index (χ2n) is 9.31. The maximum Gasteiger partial charge on any atom is 0.335 e.